The van der Waals surface area contributed by atoms with Crippen LogP contribution in [-0.4, -0.2) is 28.1 Å². The van der Waals surface area contributed by atoms with Gasteiger partial charge in [0, 0.05) is 16.8 Å². The maximum Gasteiger partial charge on any atom is 0.335 e. The summed E-state index contributed by atoms with van der Waals surface area (Å²) in [6.07, 6.45) is 0. The minimum Gasteiger partial charge on any atom is -0.478 e. The Labute approximate surface area is 109 Å². The summed E-state index contributed by atoms with van der Waals surface area (Å²) < 4.78 is 0. The van der Waals surface area contributed by atoms with Crippen molar-refractivity contribution in [2.24, 2.45) is 0 Å². The van der Waals surface area contributed by atoms with Gasteiger partial charge in [0.1, 0.15) is 0 Å². The Kier molecular flexibility index (Phi) is 4.41. The summed E-state index contributed by atoms with van der Waals surface area (Å²) in [5.74, 6) is -2.86. The topological polar surface area (TPSA) is 104 Å². The van der Waals surface area contributed by atoms with Crippen molar-refractivity contribution in [1.29, 1.82) is 0 Å². The number of rotatable bonds is 4. The number of benzene rings is 1. The van der Waals surface area contributed by atoms with Gasteiger partial charge in [0.2, 0.25) is 0 Å². The highest BCUT2D eigenvalue weighted by molar-refractivity contribution is 6.08. The smallest absolute Gasteiger partial charge is 0.335 e. The minimum atomic E-state index is -1.17. The van der Waals surface area contributed by atoms with E-state index in [1.807, 2.05) is 0 Å². The van der Waals surface area contributed by atoms with Crippen LogP contribution < -0.4 is 5.32 Å². The first-order valence-corrected chi connectivity index (χ1v) is 5.38. The van der Waals surface area contributed by atoms with E-state index in [2.05, 4.69) is 5.32 Å². The van der Waals surface area contributed by atoms with E-state index in [-0.39, 0.29) is 16.7 Å². The van der Waals surface area contributed by atoms with E-state index in [0.29, 0.717) is 5.69 Å². The Morgan fingerprint density at radius 3 is 2.21 bits per heavy atom. The van der Waals surface area contributed by atoms with Gasteiger partial charge in [0.05, 0.1) is 5.56 Å². The average molecular weight is 263 g/mol. The lowest BCUT2D eigenvalue weighted by Crippen LogP contribution is -2.16. The van der Waals surface area contributed by atoms with Crippen molar-refractivity contribution in [2.45, 2.75) is 13.8 Å². The van der Waals surface area contributed by atoms with Crippen molar-refractivity contribution in [2.75, 3.05) is 5.32 Å². The van der Waals surface area contributed by atoms with Crippen molar-refractivity contribution in [3.05, 3.63) is 41.0 Å². The van der Waals surface area contributed by atoms with Gasteiger partial charge in [-0.15, -0.1) is 0 Å². The second-order valence-electron chi connectivity index (χ2n) is 3.90. The highest BCUT2D eigenvalue weighted by atomic mass is 16.4. The third kappa shape index (κ3) is 3.67. The zero-order valence-electron chi connectivity index (χ0n) is 10.4. The zero-order valence-corrected chi connectivity index (χ0v) is 10.4. The van der Waals surface area contributed by atoms with Gasteiger partial charge in [-0.25, -0.2) is 9.59 Å². The van der Waals surface area contributed by atoms with Crippen LogP contribution in [0.5, 0.6) is 0 Å². The average Bonchev–Trinajstić information content (AvgIpc) is 2.37. The van der Waals surface area contributed by atoms with E-state index in [4.69, 9.17) is 10.2 Å². The van der Waals surface area contributed by atoms with Crippen LogP contribution in [0.1, 0.15) is 24.2 Å². The second kappa shape index (κ2) is 5.81. The molecule has 0 aliphatic rings. The molecule has 3 N–H and O–H groups in total. The number of carboxylic acids is 2. The maximum absolute atomic E-state index is 11.8. The maximum atomic E-state index is 11.8. The molecule has 0 saturated carbocycles. The van der Waals surface area contributed by atoms with Gasteiger partial charge in [-0.3, -0.25) is 4.79 Å². The van der Waals surface area contributed by atoms with Crippen molar-refractivity contribution >= 4 is 23.5 Å². The number of aliphatic carboxylic acids is 1. The largest absolute Gasteiger partial charge is 0.478 e. The van der Waals surface area contributed by atoms with E-state index in [1.54, 1.807) is 0 Å². The Morgan fingerprint density at radius 2 is 1.68 bits per heavy atom. The molecule has 0 fully saturated rings. The number of carbonyl (C=O) groups is 3. The Morgan fingerprint density at radius 1 is 1.05 bits per heavy atom. The molecular formula is C13H13NO5. The number of hydrogen-bond donors (Lipinski definition) is 3. The Bertz CT molecular complexity index is 574. The molecule has 0 aliphatic heterocycles. The van der Waals surface area contributed by atoms with Crippen molar-refractivity contribution in [3.63, 3.8) is 0 Å². The monoisotopic (exact) mass is 263 g/mol. The molecular weight excluding hydrogens is 250 g/mol. The summed E-state index contributed by atoms with van der Waals surface area (Å²) >= 11 is 0. The zero-order chi connectivity index (χ0) is 14.6. The number of aromatic carboxylic acids is 1. The predicted molar refractivity (Wildman–Crippen MR) is 68.0 cm³/mol. The van der Waals surface area contributed by atoms with Gasteiger partial charge < -0.3 is 15.5 Å². The standard InChI is InChI=1S/C13H13NO5/c1-7(8(2)12(16)17)11(15)14-10-5-3-4-9(6-10)13(18)19/h3-6H,1-2H3,(H,14,15)(H,16,17)(H,18,19)/b8-7-. The van der Waals surface area contributed by atoms with Gasteiger partial charge in [0.25, 0.3) is 5.91 Å². The lowest BCUT2D eigenvalue weighted by molar-refractivity contribution is -0.133. The summed E-state index contributed by atoms with van der Waals surface area (Å²) in [6, 6.07) is 5.70. The van der Waals surface area contributed by atoms with Crippen molar-refractivity contribution in [1.82, 2.24) is 0 Å². The number of amides is 1. The minimum absolute atomic E-state index is 0.0365. The summed E-state index contributed by atoms with van der Waals surface area (Å²) in [5, 5.41) is 20.0. The normalized spacial score (nSPS) is 11.5. The van der Waals surface area contributed by atoms with Crippen LogP contribution >= 0.6 is 0 Å². The molecule has 1 rings (SSSR count). The van der Waals surface area contributed by atoms with Crippen LogP contribution in [0.3, 0.4) is 0 Å². The fourth-order valence-electron chi connectivity index (χ4n) is 1.29. The molecule has 0 aromatic heterocycles. The first kappa shape index (κ1) is 14.4. The van der Waals surface area contributed by atoms with Crippen LogP contribution in [0.2, 0.25) is 0 Å². The molecule has 0 aliphatic carbocycles. The van der Waals surface area contributed by atoms with E-state index in [0.717, 1.165) is 0 Å². The van der Waals surface area contributed by atoms with Gasteiger partial charge in [-0.05, 0) is 32.0 Å². The molecule has 0 spiro atoms. The lowest BCUT2D eigenvalue weighted by Gasteiger charge is -2.07. The SMILES string of the molecule is C/C(C(=O)O)=C(\C)C(=O)Nc1cccc(C(=O)O)c1. The van der Waals surface area contributed by atoms with Crippen LogP contribution in [-0.2, 0) is 9.59 Å². The van der Waals surface area contributed by atoms with Crippen LogP contribution in [0.25, 0.3) is 0 Å². The van der Waals surface area contributed by atoms with Crippen LogP contribution in [0.4, 0.5) is 5.69 Å². The summed E-state index contributed by atoms with van der Waals surface area (Å²) in [5.41, 5.74) is 0.331. The fraction of sp³-hybridized carbons (Fsp3) is 0.154. The van der Waals surface area contributed by atoms with Gasteiger partial charge >= 0.3 is 11.9 Å². The van der Waals surface area contributed by atoms with E-state index in [1.165, 1.54) is 38.1 Å². The van der Waals surface area contributed by atoms with E-state index in [9.17, 15) is 14.4 Å². The Balaban J connectivity index is 2.95. The van der Waals surface area contributed by atoms with E-state index < -0.39 is 17.8 Å². The lowest BCUT2D eigenvalue weighted by atomic mass is 10.1. The van der Waals surface area contributed by atoms with Crippen molar-refractivity contribution < 1.29 is 24.6 Å². The third-order valence-corrected chi connectivity index (χ3v) is 2.59. The number of hydrogen-bond acceptors (Lipinski definition) is 3. The predicted octanol–water partition coefficient (Wildman–Crippen LogP) is 1.74. The molecule has 6 nitrogen and oxygen atoms in total. The van der Waals surface area contributed by atoms with E-state index >= 15 is 0 Å². The second-order valence-corrected chi connectivity index (χ2v) is 3.90. The molecule has 1 aromatic rings. The molecule has 0 bridgehead atoms. The van der Waals surface area contributed by atoms with Gasteiger partial charge in [-0.1, -0.05) is 6.07 Å². The molecule has 0 heterocycles. The Hall–Kier alpha value is -2.63. The highest BCUT2D eigenvalue weighted by Gasteiger charge is 2.13. The number of carboxylic acid groups (broad SMARTS) is 2. The van der Waals surface area contributed by atoms with Crippen molar-refractivity contribution in [3.8, 4) is 0 Å². The third-order valence-electron chi connectivity index (χ3n) is 2.59. The molecule has 0 radical (unpaired) electrons. The molecule has 0 atom stereocenters. The summed E-state index contributed by atoms with van der Waals surface area (Å²) in [7, 11) is 0. The van der Waals surface area contributed by atoms with Gasteiger partial charge in [-0.2, -0.15) is 0 Å². The summed E-state index contributed by atoms with van der Waals surface area (Å²) in [4.78, 5) is 33.3. The first-order chi connectivity index (χ1) is 8.82. The molecule has 100 valence electrons. The molecule has 0 unspecified atom stereocenters. The van der Waals surface area contributed by atoms with Gasteiger partial charge in [0.15, 0.2) is 0 Å². The highest BCUT2D eigenvalue weighted by Crippen LogP contribution is 2.13. The number of nitrogens with one attached hydrogen (secondary N) is 1. The molecule has 1 aromatic carbocycles. The quantitative estimate of drug-likeness (QED) is 0.718. The molecule has 19 heavy (non-hydrogen) atoms. The summed E-state index contributed by atoms with van der Waals surface area (Å²) in [6.45, 7) is 2.71. The fourth-order valence-corrected chi connectivity index (χ4v) is 1.29. The molecule has 6 heteroatoms. The number of carbonyl (C=O) groups excluding carboxylic acids is 1. The van der Waals surface area contributed by atoms with Crippen LogP contribution in [0, 0.1) is 0 Å². The molecule has 0 saturated heterocycles. The first-order valence-electron chi connectivity index (χ1n) is 5.38. The molecule has 1 amide bonds. The van der Waals surface area contributed by atoms with Crippen LogP contribution in [0.15, 0.2) is 35.4 Å². The number of anilines is 1.